The van der Waals surface area contributed by atoms with Gasteiger partial charge in [0.2, 0.25) is 5.91 Å². The Morgan fingerprint density at radius 1 is 1.18 bits per heavy atom. The van der Waals surface area contributed by atoms with Crippen molar-refractivity contribution in [1.29, 1.82) is 0 Å². The zero-order valence-corrected chi connectivity index (χ0v) is 15.9. The van der Waals surface area contributed by atoms with Crippen molar-refractivity contribution in [2.45, 2.75) is 38.6 Å². The van der Waals surface area contributed by atoms with Gasteiger partial charge in [-0.3, -0.25) is 9.59 Å². The number of aryl methyl sites for hydroxylation is 1. The molecule has 1 aliphatic rings. The molecular weight excluding hydrogens is 356 g/mol. The Bertz CT molecular complexity index is 966. The molecule has 0 saturated carbocycles. The highest BCUT2D eigenvalue weighted by Crippen LogP contribution is 2.23. The van der Waals surface area contributed by atoms with Crippen LogP contribution in [0.3, 0.4) is 0 Å². The summed E-state index contributed by atoms with van der Waals surface area (Å²) in [7, 11) is 0. The number of carbonyl (C=O) groups excluding carboxylic acids is 2. The standard InChI is InChI=1S/C22H24N2O4/c1-2-15-5-6-18-16(14-28-20(18)12-15)13-21(25)23-17-7-9-24(10-8-17)22(26)19-4-3-11-27-19/h3-6,11-12,14,17H,2,7-10,13H2,1H3,(H,23,25). The van der Waals surface area contributed by atoms with E-state index in [1.54, 1.807) is 23.3 Å². The van der Waals surface area contributed by atoms with E-state index in [0.717, 1.165) is 35.8 Å². The van der Waals surface area contributed by atoms with Crippen LogP contribution in [0, 0.1) is 0 Å². The number of likely N-dealkylation sites (tertiary alicyclic amines) is 1. The molecule has 2 amide bonds. The lowest BCUT2D eigenvalue weighted by Crippen LogP contribution is -2.46. The number of carbonyl (C=O) groups is 2. The van der Waals surface area contributed by atoms with Gasteiger partial charge in [-0.05, 0) is 43.0 Å². The van der Waals surface area contributed by atoms with Crippen molar-refractivity contribution in [2.75, 3.05) is 13.1 Å². The minimum absolute atomic E-state index is 0.0157. The van der Waals surface area contributed by atoms with Gasteiger partial charge in [0.05, 0.1) is 18.9 Å². The smallest absolute Gasteiger partial charge is 0.289 e. The minimum atomic E-state index is -0.0916. The van der Waals surface area contributed by atoms with Crippen LogP contribution in [0.1, 0.15) is 41.4 Å². The van der Waals surface area contributed by atoms with E-state index in [4.69, 9.17) is 8.83 Å². The molecule has 1 fully saturated rings. The first-order valence-electron chi connectivity index (χ1n) is 9.75. The molecule has 1 saturated heterocycles. The molecule has 0 unspecified atom stereocenters. The number of nitrogens with one attached hydrogen (secondary N) is 1. The Morgan fingerprint density at radius 3 is 2.71 bits per heavy atom. The number of benzene rings is 1. The maximum absolute atomic E-state index is 12.5. The van der Waals surface area contributed by atoms with Crippen molar-refractivity contribution in [3.63, 3.8) is 0 Å². The summed E-state index contributed by atoms with van der Waals surface area (Å²) >= 11 is 0. The van der Waals surface area contributed by atoms with E-state index in [1.165, 1.54) is 11.8 Å². The van der Waals surface area contributed by atoms with E-state index in [1.807, 2.05) is 12.1 Å². The van der Waals surface area contributed by atoms with Crippen LogP contribution in [0.2, 0.25) is 0 Å². The van der Waals surface area contributed by atoms with E-state index >= 15 is 0 Å². The first kappa shape index (κ1) is 18.3. The Balaban J connectivity index is 1.31. The van der Waals surface area contributed by atoms with Gasteiger partial charge in [0, 0.05) is 30.1 Å². The third-order valence-electron chi connectivity index (χ3n) is 5.36. The largest absolute Gasteiger partial charge is 0.464 e. The Morgan fingerprint density at radius 2 is 2.00 bits per heavy atom. The summed E-state index contributed by atoms with van der Waals surface area (Å²) < 4.78 is 10.8. The van der Waals surface area contributed by atoms with Gasteiger partial charge in [-0.15, -0.1) is 0 Å². The zero-order chi connectivity index (χ0) is 19.5. The second-order valence-electron chi connectivity index (χ2n) is 7.23. The van der Waals surface area contributed by atoms with Crippen LogP contribution >= 0.6 is 0 Å². The molecular formula is C22H24N2O4. The van der Waals surface area contributed by atoms with Gasteiger partial charge < -0.3 is 19.1 Å². The summed E-state index contributed by atoms with van der Waals surface area (Å²) in [6.45, 7) is 3.32. The van der Waals surface area contributed by atoms with E-state index in [0.29, 0.717) is 25.3 Å². The Hall–Kier alpha value is -3.02. The molecule has 0 atom stereocenters. The van der Waals surface area contributed by atoms with Gasteiger partial charge in [-0.1, -0.05) is 19.1 Å². The van der Waals surface area contributed by atoms with Crippen molar-refractivity contribution >= 4 is 22.8 Å². The molecule has 6 nitrogen and oxygen atoms in total. The maximum Gasteiger partial charge on any atom is 0.289 e. The van der Waals surface area contributed by atoms with Crippen LogP contribution in [0.5, 0.6) is 0 Å². The third-order valence-corrected chi connectivity index (χ3v) is 5.36. The quantitative estimate of drug-likeness (QED) is 0.734. The molecule has 3 heterocycles. The molecule has 1 aromatic carbocycles. The van der Waals surface area contributed by atoms with E-state index < -0.39 is 0 Å². The molecule has 28 heavy (non-hydrogen) atoms. The molecule has 1 aliphatic heterocycles. The summed E-state index contributed by atoms with van der Waals surface area (Å²) in [5.74, 6) is 0.254. The molecule has 6 heteroatoms. The lowest BCUT2D eigenvalue weighted by Gasteiger charge is -2.31. The van der Waals surface area contributed by atoms with Crippen LogP contribution in [0.4, 0.5) is 0 Å². The van der Waals surface area contributed by atoms with Crippen LogP contribution in [-0.4, -0.2) is 35.8 Å². The van der Waals surface area contributed by atoms with Crippen molar-refractivity contribution in [3.8, 4) is 0 Å². The second kappa shape index (κ2) is 7.92. The second-order valence-corrected chi connectivity index (χ2v) is 7.23. The maximum atomic E-state index is 12.5. The fourth-order valence-electron chi connectivity index (χ4n) is 3.72. The number of amides is 2. The average molecular weight is 380 g/mol. The lowest BCUT2D eigenvalue weighted by atomic mass is 10.0. The van der Waals surface area contributed by atoms with Crippen LogP contribution in [-0.2, 0) is 17.6 Å². The van der Waals surface area contributed by atoms with Gasteiger partial charge in [-0.25, -0.2) is 0 Å². The lowest BCUT2D eigenvalue weighted by molar-refractivity contribution is -0.121. The molecule has 2 aromatic heterocycles. The molecule has 0 aliphatic carbocycles. The Kier molecular flexibility index (Phi) is 5.19. The fourth-order valence-corrected chi connectivity index (χ4v) is 3.72. The molecule has 146 valence electrons. The number of fused-ring (bicyclic) bond motifs is 1. The summed E-state index contributed by atoms with van der Waals surface area (Å²) in [6, 6.07) is 9.60. The Labute approximate surface area is 163 Å². The zero-order valence-electron chi connectivity index (χ0n) is 15.9. The van der Waals surface area contributed by atoms with E-state index in [9.17, 15) is 9.59 Å². The predicted octanol–water partition coefficient (Wildman–Crippen LogP) is 3.55. The first-order chi connectivity index (χ1) is 13.6. The highest BCUT2D eigenvalue weighted by Gasteiger charge is 2.26. The van der Waals surface area contributed by atoms with Gasteiger partial charge in [0.15, 0.2) is 5.76 Å². The minimum Gasteiger partial charge on any atom is -0.464 e. The third kappa shape index (κ3) is 3.81. The fraction of sp³-hybridized carbons (Fsp3) is 0.364. The van der Waals surface area contributed by atoms with Gasteiger partial charge in [0.1, 0.15) is 5.58 Å². The number of rotatable bonds is 5. The average Bonchev–Trinajstić information content (AvgIpc) is 3.38. The topological polar surface area (TPSA) is 75.7 Å². The number of hydrogen-bond donors (Lipinski definition) is 1. The number of furan rings is 2. The van der Waals surface area contributed by atoms with E-state index in [2.05, 4.69) is 18.3 Å². The highest BCUT2D eigenvalue weighted by atomic mass is 16.3. The summed E-state index contributed by atoms with van der Waals surface area (Å²) in [5.41, 5.74) is 2.95. The molecule has 3 aromatic rings. The molecule has 4 rings (SSSR count). The van der Waals surface area contributed by atoms with E-state index in [-0.39, 0.29) is 17.9 Å². The highest BCUT2D eigenvalue weighted by molar-refractivity contribution is 5.91. The molecule has 0 bridgehead atoms. The summed E-state index contributed by atoms with van der Waals surface area (Å²) in [4.78, 5) is 26.6. The number of piperidine rings is 1. The molecule has 0 radical (unpaired) electrons. The van der Waals surface area contributed by atoms with Crippen LogP contribution in [0.25, 0.3) is 11.0 Å². The van der Waals surface area contributed by atoms with Crippen molar-refractivity contribution < 1.29 is 18.4 Å². The van der Waals surface area contributed by atoms with Crippen LogP contribution < -0.4 is 5.32 Å². The predicted molar refractivity (Wildman–Crippen MR) is 105 cm³/mol. The monoisotopic (exact) mass is 380 g/mol. The summed E-state index contributed by atoms with van der Waals surface area (Å²) in [6.07, 6.45) is 5.91. The van der Waals surface area contributed by atoms with Gasteiger partial charge in [-0.2, -0.15) is 0 Å². The van der Waals surface area contributed by atoms with Crippen molar-refractivity contribution in [3.05, 3.63) is 59.7 Å². The number of nitrogens with zero attached hydrogens (tertiary/aromatic N) is 1. The van der Waals surface area contributed by atoms with Crippen LogP contribution in [0.15, 0.2) is 51.7 Å². The van der Waals surface area contributed by atoms with Crippen molar-refractivity contribution in [2.24, 2.45) is 0 Å². The molecule has 1 N–H and O–H groups in total. The van der Waals surface area contributed by atoms with Crippen molar-refractivity contribution in [1.82, 2.24) is 10.2 Å². The SMILES string of the molecule is CCc1ccc2c(CC(=O)NC3CCN(C(=O)c4ccco4)CC3)coc2c1. The first-order valence-corrected chi connectivity index (χ1v) is 9.75. The summed E-state index contributed by atoms with van der Waals surface area (Å²) in [5, 5.41) is 4.09. The van der Waals surface area contributed by atoms with Gasteiger partial charge in [0.25, 0.3) is 5.91 Å². The normalized spacial score (nSPS) is 15.1. The number of hydrogen-bond acceptors (Lipinski definition) is 4. The van der Waals surface area contributed by atoms with Gasteiger partial charge >= 0.3 is 0 Å². The molecule has 0 spiro atoms.